The smallest absolute Gasteiger partial charge is 0.260 e. The molecule has 0 aliphatic heterocycles. The SMILES string of the molecule is CC(C)N(C(=O)c1ccccc1Br)c1ccc(N)cn1. The van der Waals surface area contributed by atoms with Crippen LogP contribution in [0.5, 0.6) is 0 Å². The van der Waals surface area contributed by atoms with Crippen molar-refractivity contribution in [1.29, 1.82) is 0 Å². The van der Waals surface area contributed by atoms with Gasteiger partial charge >= 0.3 is 0 Å². The molecule has 4 nitrogen and oxygen atoms in total. The number of nitrogens with zero attached hydrogens (tertiary/aromatic N) is 2. The van der Waals surface area contributed by atoms with E-state index in [1.54, 1.807) is 29.3 Å². The van der Waals surface area contributed by atoms with Gasteiger partial charge in [0.25, 0.3) is 5.91 Å². The predicted molar refractivity (Wildman–Crippen MR) is 84.7 cm³/mol. The number of rotatable bonds is 3. The van der Waals surface area contributed by atoms with Crippen molar-refractivity contribution < 1.29 is 4.79 Å². The Bertz CT molecular complexity index is 611. The molecule has 5 heteroatoms. The van der Waals surface area contributed by atoms with E-state index in [4.69, 9.17) is 5.73 Å². The average molecular weight is 334 g/mol. The van der Waals surface area contributed by atoms with Crippen LogP contribution in [0.15, 0.2) is 47.1 Å². The van der Waals surface area contributed by atoms with E-state index in [-0.39, 0.29) is 11.9 Å². The van der Waals surface area contributed by atoms with E-state index in [1.165, 1.54) is 0 Å². The van der Waals surface area contributed by atoms with Crippen LogP contribution in [0.2, 0.25) is 0 Å². The van der Waals surface area contributed by atoms with E-state index in [1.807, 2.05) is 32.0 Å². The summed E-state index contributed by atoms with van der Waals surface area (Å²) in [5.74, 6) is 0.500. The topological polar surface area (TPSA) is 59.2 Å². The number of amides is 1. The molecule has 2 N–H and O–H groups in total. The number of carbonyl (C=O) groups excluding carboxylic acids is 1. The molecule has 2 aromatic rings. The number of nitrogen functional groups attached to an aromatic ring is 1. The van der Waals surface area contributed by atoms with Crippen LogP contribution in [0.1, 0.15) is 24.2 Å². The summed E-state index contributed by atoms with van der Waals surface area (Å²) < 4.78 is 0.770. The van der Waals surface area contributed by atoms with Crippen LogP contribution < -0.4 is 10.6 Å². The molecule has 0 saturated carbocycles. The highest BCUT2D eigenvalue weighted by atomic mass is 79.9. The van der Waals surface area contributed by atoms with E-state index in [2.05, 4.69) is 20.9 Å². The lowest BCUT2D eigenvalue weighted by Crippen LogP contribution is -2.37. The molecular formula is C15H16BrN3O. The van der Waals surface area contributed by atoms with Crippen molar-refractivity contribution >= 4 is 33.3 Å². The molecule has 1 aromatic heterocycles. The number of anilines is 2. The summed E-state index contributed by atoms with van der Waals surface area (Å²) in [5.41, 5.74) is 6.83. The minimum Gasteiger partial charge on any atom is -0.397 e. The first-order chi connectivity index (χ1) is 9.50. The summed E-state index contributed by atoms with van der Waals surface area (Å²) in [4.78, 5) is 18.6. The summed E-state index contributed by atoms with van der Waals surface area (Å²) in [7, 11) is 0. The van der Waals surface area contributed by atoms with Crippen molar-refractivity contribution in [3.05, 3.63) is 52.6 Å². The highest BCUT2D eigenvalue weighted by Crippen LogP contribution is 2.23. The quantitative estimate of drug-likeness (QED) is 0.935. The molecule has 1 amide bonds. The van der Waals surface area contributed by atoms with Gasteiger partial charge in [-0.05, 0) is 54.0 Å². The van der Waals surface area contributed by atoms with Crippen LogP contribution in [-0.4, -0.2) is 16.9 Å². The molecule has 0 saturated heterocycles. The van der Waals surface area contributed by atoms with E-state index in [0.29, 0.717) is 17.1 Å². The second-order valence-electron chi connectivity index (χ2n) is 4.70. The van der Waals surface area contributed by atoms with Gasteiger partial charge in [0.05, 0.1) is 17.4 Å². The molecule has 104 valence electrons. The molecule has 0 radical (unpaired) electrons. The third-order valence-corrected chi connectivity index (χ3v) is 3.55. The predicted octanol–water partition coefficient (Wildman–Crippen LogP) is 3.48. The second kappa shape index (κ2) is 6.05. The number of carbonyl (C=O) groups is 1. The maximum Gasteiger partial charge on any atom is 0.260 e. The van der Waals surface area contributed by atoms with E-state index >= 15 is 0 Å². The molecule has 0 aliphatic carbocycles. The molecule has 20 heavy (non-hydrogen) atoms. The van der Waals surface area contributed by atoms with Gasteiger partial charge in [0.1, 0.15) is 5.82 Å². The van der Waals surface area contributed by atoms with Crippen LogP contribution in [0.25, 0.3) is 0 Å². The van der Waals surface area contributed by atoms with Gasteiger partial charge in [-0.1, -0.05) is 12.1 Å². The number of nitrogens with two attached hydrogens (primary N) is 1. The fourth-order valence-electron chi connectivity index (χ4n) is 1.91. The molecule has 0 aliphatic rings. The number of benzene rings is 1. The van der Waals surface area contributed by atoms with Gasteiger partial charge in [-0.2, -0.15) is 0 Å². The van der Waals surface area contributed by atoms with Gasteiger partial charge in [0.2, 0.25) is 0 Å². The number of hydrogen-bond donors (Lipinski definition) is 1. The summed E-state index contributed by atoms with van der Waals surface area (Å²) in [6.07, 6.45) is 1.55. The molecule has 0 fully saturated rings. The zero-order chi connectivity index (χ0) is 14.7. The van der Waals surface area contributed by atoms with E-state index < -0.39 is 0 Å². The Morgan fingerprint density at radius 1 is 1.25 bits per heavy atom. The van der Waals surface area contributed by atoms with Gasteiger partial charge in [-0.25, -0.2) is 4.98 Å². The first-order valence-corrected chi connectivity index (χ1v) is 7.09. The average Bonchev–Trinajstić information content (AvgIpc) is 2.41. The maximum atomic E-state index is 12.7. The van der Waals surface area contributed by atoms with Crippen LogP contribution >= 0.6 is 15.9 Å². The lowest BCUT2D eigenvalue weighted by molar-refractivity contribution is 0.0978. The van der Waals surface area contributed by atoms with Gasteiger partial charge < -0.3 is 5.73 Å². The third-order valence-electron chi connectivity index (χ3n) is 2.86. The Kier molecular flexibility index (Phi) is 4.39. The molecule has 0 atom stereocenters. The van der Waals surface area contributed by atoms with Gasteiger partial charge in [-0.3, -0.25) is 9.69 Å². The molecule has 0 spiro atoms. The number of hydrogen-bond acceptors (Lipinski definition) is 3. The first-order valence-electron chi connectivity index (χ1n) is 6.30. The van der Waals surface area contributed by atoms with Crippen molar-refractivity contribution in [2.45, 2.75) is 19.9 Å². The Hall–Kier alpha value is -1.88. The minimum absolute atomic E-state index is 0.00858. The Morgan fingerprint density at radius 2 is 1.95 bits per heavy atom. The summed E-state index contributed by atoms with van der Waals surface area (Å²) in [6.45, 7) is 3.90. The van der Waals surface area contributed by atoms with Crippen molar-refractivity contribution in [2.75, 3.05) is 10.6 Å². The van der Waals surface area contributed by atoms with E-state index in [9.17, 15) is 4.79 Å². The van der Waals surface area contributed by atoms with Crippen molar-refractivity contribution in [2.24, 2.45) is 0 Å². The lowest BCUT2D eigenvalue weighted by atomic mass is 10.1. The second-order valence-corrected chi connectivity index (χ2v) is 5.55. The fraction of sp³-hybridized carbons (Fsp3) is 0.200. The molecule has 1 aromatic carbocycles. The Morgan fingerprint density at radius 3 is 2.50 bits per heavy atom. The molecular weight excluding hydrogens is 318 g/mol. The van der Waals surface area contributed by atoms with Crippen LogP contribution in [0.4, 0.5) is 11.5 Å². The zero-order valence-electron chi connectivity index (χ0n) is 11.4. The first kappa shape index (κ1) is 14.5. The van der Waals surface area contributed by atoms with Crippen LogP contribution in [0.3, 0.4) is 0 Å². The van der Waals surface area contributed by atoms with Crippen LogP contribution in [0, 0.1) is 0 Å². The Labute approximate surface area is 126 Å². The fourth-order valence-corrected chi connectivity index (χ4v) is 2.36. The van der Waals surface area contributed by atoms with Crippen molar-refractivity contribution in [1.82, 2.24) is 4.98 Å². The van der Waals surface area contributed by atoms with Crippen molar-refractivity contribution in [3.63, 3.8) is 0 Å². The lowest BCUT2D eigenvalue weighted by Gasteiger charge is -2.26. The number of halogens is 1. The minimum atomic E-state index is -0.0928. The van der Waals surface area contributed by atoms with Crippen LogP contribution in [-0.2, 0) is 0 Å². The standard InChI is InChI=1S/C15H16BrN3O/c1-10(2)19(14-8-7-11(17)9-18-14)15(20)12-5-3-4-6-13(12)16/h3-10H,17H2,1-2H3. The molecule has 2 rings (SSSR count). The van der Waals surface area contributed by atoms with Gasteiger partial charge in [0, 0.05) is 10.5 Å². The highest BCUT2D eigenvalue weighted by Gasteiger charge is 2.23. The Balaban J connectivity index is 2.41. The molecule has 0 bridgehead atoms. The summed E-state index contributed by atoms with van der Waals surface area (Å²) >= 11 is 3.41. The normalized spacial score (nSPS) is 10.6. The third kappa shape index (κ3) is 2.99. The summed E-state index contributed by atoms with van der Waals surface area (Å²) in [6, 6.07) is 10.8. The van der Waals surface area contributed by atoms with Crippen molar-refractivity contribution in [3.8, 4) is 0 Å². The largest absolute Gasteiger partial charge is 0.397 e. The number of aromatic nitrogens is 1. The van der Waals surface area contributed by atoms with E-state index in [0.717, 1.165) is 4.47 Å². The molecule has 1 heterocycles. The van der Waals surface area contributed by atoms with Gasteiger partial charge in [-0.15, -0.1) is 0 Å². The zero-order valence-corrected chi connectivity index (χ0v) is 13.0. The number of pyridine rings is 1. The van der Waals surface area contributed by atoms with Gasteiger partial charge in [0.15, 0.2) is 0 Å². The maximum absolute atomic E-state index is 12.7. The highest BCUT2D eigenvalue weighted by molar-refractivity contribution is 9.10. The molecule has 0 unspecified atom stereocenters. The monoisotopic (exact) mass is 333 g/mol. The summed E-state index contributed by atoms with van der Waals surface area (Å²) in [5, 5.41) is 0.